The molecule has 0 spiro atoms. The number of carbonyl (C=O) groups excluding carboxylic acids is 3. The maximum Gasteiger partial charge on any atom is 0.326 e. The molecule has 3 amide bonds. The van der Waals surface area contributed by atoms with Gasteiger partial charge in [-0.3, -0.25) is 14.4 Å². The maximum absolute atomic E-state index is 12.9. The molecule has 0 saturated heterocycles. The van der Waals surface area contributed by atoms with Gasteiger partial charge in [0, 0.05) is 43.0 Å². The number of nitrogens with two attached hydrogens (primary N) is 1. The highest BCUT2D eigenvalue weighted by Crippen LogP contribution is 2.12. The molecule has 3 atom stereocenters. The minimum absolute atomic E-state index is 0.0250. The number of amides is 3. The van der Waals surface area contributed by atoms with Crippen molar-refractivity contribution in [1.29, 1.82) is 0 Å². The summed E-state index contributed by atoms with van der Waals surface area (Å²) in [4.78, 5) is 62.8. The van der Waals surface area contributed by atoms with E-state index in [2.05, 4.69) is 35.9 Å². The Hall–Kier alpha value is -4.72. The second kappa shape index (κ2) is 12.8. The lowest BCUT2D eigenvalue weighted by Gasteiger charge is -2.21. The summed E-state index contributed by atoms with van der Waals surface area (Å²) in [6.07, 6.45) is 6.00. The first-order valence-electron chi connectivity index (χ1n) is 11.3. The SMILES string of the molecule is NC(Cc1cnc[nH]1)C(=O)NC(Cc1ccc(O)cc1)C(=O)NCC(=O)NC(Cc1cnc[nH]1)C(=O)O. The van der Waals surface area contributed by atoms with Gasteiger partial charge in [-0.15, -0.1) is 0 Å². The van der Waals surface area contributed by atoms with Gasteiger partial charge in [0.25, 0.3) is 0 Å². The lowest BCUT2D eigenvalue weighted by Crippen LogP contribution is -2.54. The van der Waals surface area contributed by atoms with E-state index in [1.165, 1.54) is 37.2 Å². The minimum atomic E-state index is -1.25. The summed E-state index contributed by atoms with van der Waals surface area (Å²) in [7, 11) is 0. The molecule has 1 aromatic carbocycles. The average Bonchev–Trinajstić information content (AvgIpc) is 3.57. The van der Waals surface area contributed by atoms with E-state index >= 15 is 0 Å². The van der Waals surface area contributed by atoms with Crippen molar-refractivity contribution in [2.24, 2.45) is 5.73 Å². The van der Waals surface area contributed by atoms with Crippen LogP contribution in [0.4, 0.5) is 0 Å². The van der Waals surface area contributed by atoms with E-state index in [0.29, 0.717) is 17.0 Å². The second-order valence-electron chi connectivity index (χ2n) is 8.28. The number of phenols is 1. The minimum Gasteiger partial charge on any atom is -0.508 e. The number of H-pyrrole nitrogens is 2. The molecule has 0 aliphatic carbocycles. The van der Waals surface area contributed by atoms with Crippen LogP contribution in [0.3, 0.4) is 0 Å². The van der Waals surface area contributed by atoms with Gasteiger partial charge in [0.1, 0.15) is 17.8 Å². The van der Waals surface area contributed by atoms with Crippen LogP contribution in [-0.4, -0.2) is 78.5 Å². The number of hydrogen-bond acceptors (Lipinski definition) is 8. The molecule has 3 rings (SSSR count). The predicted molar refractivity (Wildman–Crippen MR) is 129 cm³/mol. The summed E-state index contributed by atoms with van der Waals surface area (Å²) in [5, 5.41) is 26.3. The van der Waals surface area contributed by atoms with E-state index in [9.17, 15) is 29.4 Å². The molecule has 14 nitrogen and oxygen atoms in total. The quantitative estimate of drug-likeness (QED) is 0.131. The molecule has 0 bridgehead atoms. The Labute approximate surface area is 211 Å². The van der Waals surface area contributed by atoms with E-state index in [0.717, 1.165) is 0 Å². The summed E-state index contributed by atoms with van der Waals surface area (Å²) in [6.45, 7) is -0.520. The number of aromatic amines is 2. The van der Waals surface area contributed by atoms with Gasteiger partial charge in [0.05, 0.1) is 25.2 Å². The number of hydrogen-bond donors (Lipinski definition) is 8. The molecular weight excluding hydrogens is 484 g/mol. The number of nitrogens with one attached hydrogen (secondary N) is 5. The van der Waals surface area contributed by atoms with Gasteiger partial charge >= 0.3 is 5.97 Å². The molecule has 196 valence electrons. The van der Waals surface area contributed by atoms with Crippen LogP contribution in [0.25, 0.3) is 0 Å². The van der Waals surface area contributed by atoms with Crippen LogP contribution >= 0.6 is 0 Å². The molecule has 3 aromatic rings. The number of carboxylic acid groups (broad SMARTS) is 1. The average molecular weight is 513 g/mol. The zero-order valence-corrected chi connectivity index (χ0v) is 19.7. The molecule has 9 N–H and O–H groups in total. The van der Waals surface area contributed by atoms with Crippen molar-refractivity contribution < 1.29 is 29.4 Å². The molecule has 3 unspecified atom stereocenters. The standard InChI is InChI=1S/C23H28N8O6/c24-17(6-14-8-25-11-28-14)21(34)31-18(5-13-1-3-16(32)4-2-13)22(35)27-10-20(33)30-19(23(36)37)7-15-9-26-12-29-15/h1-4,8-9,11-12,17-19,32H,5-7,10,24H2,(H,25,28)(H,26,29)(H,27,35)(H,30,33)(H,31,34)(H,36,37). The molecular formula is C23H28N8O6. The number of aliphatic carboxylic acids is 1. The van der Waals surface area contributed by atoms with Gasteiger partial charge in [-0.1, -0.05) is 12.1 Å². The number of imidazole rings is 2. The van der Waals surface area contributed by atoms with Crippen LogP contribution < -0.4 is 21.7 Å². The molecule has 14 heteroatoms. The van der Waals surface area contributed by atoms with E-state index in [-0.39, 0.29) is 25.0 Å². The molecule has 2 heterocycles. The van der Waals surface area contributed by atoms with Crippen molar-refractivity contribution in [2.45, 2.75) is 37.4 Å². The fraction of sp³-hybridized carbons (Fsp3) is 0.304. The Bertz CT molecular complexity index is 1180. The third kappa shape index (κ3) is 8.47. The second-order valence-corrected chi connectivity index (χ2v) is 8.28. The van der Waals surface area contributed by atoms with Crippen molar-refractivity contribution in [3.63, 3.8) is 0 Å². The highest BCUT2D eigenvalue weighted by atomic mass is 16.4. The van der Waals surface area contributed by atoms with Gasteiger partial charge in [0.2, 0.25) is 17.7 Å². The normalized spacial score (nSPS) is 13.2. The third-order valence-corrected chi connectivity index (χ3v) is 5.38. The van der Waals surface area contributed by atoms with E-state index in [1.807, 2.05) is 0 Å². The molecule has 37 heavy (non-hydrogen) atoms. The molecule has 0 saturated carbocycles. The van der Waals surface area contributed by atoms with Crippen molar-refractivity contribution >= 4 is 23.7 Å². The van der Waals surface area contributed by atoms with Gasteiger partial charge in [-0.2, -0.15) is 0 Å². The Morgan fingerprint density at radius 3 is 2.05 bits per heavy atom. The monoisotopic (exact) mass is 512 g/mol. The van der Waals surface area contributed by atoms with Gasteiger partial charge in [-0.25, -0.2) is 14.8 Å². The number of benzene rings is 1. The summed E-state index contributed by atoms with van der Waals surface area (Å²) in [5.74, 6) is -3.21. The number of nitrogens with zero attached hydrogens (tertiary/aromatic N) is 2. The highest BCUT2D eigenvalue weighted by molar-refractivity contribution is 5.92. The van der Waals surface area contributed by atoms with Crippen molar-refractivity contribution in [1.82, 2.24) is 35.9 Å². The third-order valence-electron chi connectivity index (χ3n) is 5.38. The number of carbonyl (C=O) groups is 4. The van der Waals surface area contributed by atoms with Crippen molar-refractivity contribution in [3.8, 4) is 5.75 Å². The van der Waals surface area contributed by atoms with E-state index in [1.54, 1.807) is 12.1 Å². The molecule has 0 aliphatic rings. The number of phenolic OH excluding ortho intramolecular Hbond substituents is 1. The number of aromatic nitrogens is 4. The first-order chi connectivity index (χ1) is 17.7. The maximum atomic E-state index is 12.9. The van der Waals surface area contributed by atoms with Crippen LogP contribution in [0.1, 0.15) is 17.0 Å². The number of aromatic hydroxyl groups is 1. The fourth-order valence-corrected chi connectivity index (χ4v) is 3.43. The highest BCUT2D eigenvalue weighted by Gasteiger charge is 2.26. The first kappa shape index (κ1) is 26.9. The van der Waals surface area contributed by atoms with Crippen molar-refractivity contribution in [3.05, 3.63) is 66.3 Å². The van der Waals surface area contributed by atoms with Crippen LogP contribution in [0.15, 0.2) is 49.3 Å². The van der Waals surface area contributed by atoms with Crippen molar-refractivity contribution in [2.75, 3.05) is 6.54 Å². The summed E-state index contributed by atoms with van der Waals surface area (Å²) < 4.78 is 0. The van der Waals surface area contributed by atoms with Gasteiger partial charge in [-0.05, 0) is 17.7 Å². The zero-order valence-electron chi connectivity index (χ0n) is 19.7. The van der Waals surface area contributed by atoms with Crippen LogP contribution in [0.5, 0.6) is 5.75 Å². The number of carboxylic acids is 1. The fourth-order valence-electron chi connectivity index (χ4n) is 3.43. The van der Waals surface area contributed by atoms with Crippen LogP contribution in [-0.2, 0) is 38.4 Å². The first-order valence-corrected chi connectivity index (χ1v) is 11.3. The topological polar surface area (TPSA) is 228 Å². The Morgan fingerprint density at radius 1 is 0.865 bits per heavy atom. The van der Waals surface area contributed by atoms with Crippen LogP contribution in [0, 0.1) is 0 Å². The van der Waals surface area contributed by atoms with Gasteiger partial charge < -0.3 is 41.9 Å². The van der Waals surface area contributed by atoms with E-state index < -0.39 is 48.4 Å². The summed E-state index contributed by atoms with van der Waals surface area (Å²) >= 11 is 0. The Morgan fingerprint density at radius 2 is 1.49 bits per heavy atom. The lowest BCUT2D eigenvalue weighted by atomic mass is 10.0. The number of rotatable bonds is 13. The summed E-state index contributed by atoms with van der Waals surface area (Å²) in [5.41, 5.74) is 7.77. The Balaban J connectivity index is 1.61. The lowest BCUT2D eigenvalue weighted by molar-refractivity contribution is -0.141. The van der Waals surface area contributed by atoms with Crippen LogP contribution in [0.2, 0.25) is 0 Å². The molecule has 0 aliphatic heterocycles. The smallest absolute Gasteiger partial charge is 0.326 e. The Kier molecular flexibility index (Phi) is 9.32. The molecule has 0 fully saturated rings. The molecule has 2 aromatic heterocycles. The predicted octanol–water partition coefficient (Wildman–Crippen LogP) is -1.64. The zero-order chi connectivity index (χ0) is 26.8. The largest absolute Gasteiger partial charge is 0.508 e. The summed E-state index contributed by atoms with van der Waals surface area (Å²) in [6, 6.07) is 2.75. The van der Waals surface area contributed by atoms with Gasteiger partial charge in [0.15, 0.2) is 0 Å². The molecule has 0 radical (unpaired) electrons. The van der Waals surface area contributed by atoms with E-state index in [4.69, 9.17) is 5.73 Å².